The number of amides is 2. The normalized spacial score (nSPS) is 10.6. The van der Waals surface area contributed by atoms with E-state index in [4.69, 9.17) is 4.74 Å². The van der Waals surface area contributed by atoms with Crippen molar-refractivity contribution in [3.8, 4) is 11.5 Å². The van der Waals surface area contributed by atoms with Gasteiger partial charge in [-0.2, -0.15) is 0 Å². The van der Waals surface area contributed by atoms with E-state index in [1.54, 1.807) is 12.4 Å². The molecule has 0 aliphatic carbocycles. The number of halogens is 1. The molecule has 2 N–H and O–H groups in total. The first kappa shape index (κ1) is 17.7. The van der Waals surface area contributed by atoms with Crippen LogP contribution in [0.25, 0.3) is 10.1 Å². The molecule has 7 heteroatoms. The van der Waals surface area contributed by atoms with Crippen molar-refractivity contribution >= 4 is 60.7 Å². The summed E-state index contributed by atoms with van der Waals surface area (Å²) in [6, 6.07) is 18.7. The van der Waals surface area contributed by atoms with Crippen LogP contribution in [0.5, 0.6) is 11.5 Å². The van der Waals surface area contributed by atoms with Crippen molar-refractivity contribution in [1.29, 1.82) is 0 Å². The molecular formula is C20H14IN3O2S. The van der Waals surface area contributed by atoms with Crippen molar-refractivity contribution < 1.29 is 9.53 Å². The van der Waals surface area contributed by atoms with Gasteiger partial charge in [0.25, 0.3) is 0 Å². The molecule has 0 fully saturated rings. The average Bonchev–Trinajstić information content (AvgIpc) is 3.07. The predicted molar refractivity (Wildman–Crippen MR) is 118 cm³/mol. The minimum atomic E-state index is -0.291. The SMILES string of the molecule is O=C(Nc1ccccc1)Nc1cc2c(Oc3ccc(I)cc3)cncc2s1. The van der Waals surface area contributed by atoms with E-state index in [1.807, 2.05) is 60.7 Å². The second kappa shape index (κ2) is 7.93. The summed E-state index contributed by atoms with van der Waals surface area (Å²) >= 11 is 3.70. The molecule has 0 bridgehead atoms. The zero-order chi connectivity index (χ0) is 18.6. The first-order valence-corrected chi connectivity index (χ1v) is 10.0. The van der Waals surface area contributed by atoms with Gasteiger partial charge in [0, 0.05) is 20.8 Å². The van der Waals surface area contributed by atoms with Crippen LogP contribution in [0, 0.1) is 3.57 Å². The van der Waals surface area contributed by atoms with E-state index in [0.29, 0.717) is 5.75 Å². The number of hydrogen-bond donors (Lipinski definition) is 2. The largest absolute Gasteiger partial charge is 0.455 e. The summed E-state index contributed by atoms with van der Waals surface area (Å²) in [5, 5.41) is 7.29. The Bertz CT molecular complexity index is 1080. The lowest BCUT2D eigenvalue weighted by molar-refractivity contribution is 0.262. The Balaban J connectivity index is 1.53. The van der Waals surface area contributed by atoms with Crippen molar-refractivity contribution in [3.63, 3.8) is 0 Å². The average molecular weight is 487 g/mol. The summed E-state index contributed by atoms with van der Waals surface area (Å²) in [5.74, 6) is 1.40. The van der Waals surface area contributed by atoms with E-state index < -0.39 is 0 Å². The number of carbonyl (C=O) groups excluding carboxylic acids is 1. The van der Waals surface area contributed by atoms with Gasteiger partial charge in [-0.3, -0.25) is 10.3 Å². The first-order chi connectivity index (χ1) is 13.2. The number of benzene rings is 2. The molecule has 2 amide bonds. The van der Waals surface area contributed by atoms with E-state index in [9.17, 15) is 4.79 Å². The summed E-state index contributed by atoms with van der Waals surface area (Å²) < 4.78 is 8.05. The third kappa shape index (κ3) is 4.37. The predicted octanol–water partition coefficient (Wildman–Crippen LogP) is 6.34. The van der Waals surface area contributed by atoms with Crippen LogP contribution in [0.15, 0.2) is 73.1 Å². The van der Waals surface area contributed by atoms with E-state index in [1.165, 1.54) is 11.3 Å². The molecule has 0 unspecified atom stereocenters. The lowest BCUT2D eigenvalue weighted by Crippen LogP contribution is -2.18. The second-order valence-electron chi connectivity index (χ2n) is 5.66. The molecule has 27 heavy (non-hydrogen) atoms. The van der Waals surface area contributed by atoms with Crippen LogP contribution < -0.4 is 15.4 Å². The maximum absolute atomic E-state index is 12.2. The van der Waals surface area contributed by atoms with Gasteiger partial charge in [0.05, 0.1) is 15.9 Å². The minimum absolute atomic E-state index is 0.291. The first-order valence-electron chi connectivity index (χ1n) is 8.11. The maximum atomic E-state index is 12.2. The zero-order valence-electron chi connectivity index (χ0n) is 14.0. The van der Waals surface area contributed by atoms with Crippen molar-refractivity contribution in [3.05, 3.63) is 76.6 Å². The van der Waals surface area contributed by atoms with Crippen LogP contribution in [0.4, 0.5) is 15.5 Å². The fourth-order valence-corrected chi connectivity index (χ4v) is 3.80. The van der Waals surface area contributed by atoms with Crippen LogP contribution in [0.2, 0.25) is 0 Å². The van der Waals surface area contributed by atoms with E-state index in [2.05, 4.69) is 38.2 Å². The Morgan fingerprint density at radius 2 is 1.78 bits per heavy atom. The molecule has 5 nitrogen and oxygen atoms in total. The highest BCUT2D eigenvalue weighted by atomic mass is 127. The van der Waals surface area contributed by atoms with Gasteiger partial charge >= 0.3 is 6.03 Å². The van der Waals surface area contributed by atoms with Gasteiger partial charge in [-0.25, -0.2) is 4.79 Å². The topological polar surface area (TPSA) is 63.2 Å². The molecule has 2 aromatic carbocycles. The van der Waals surface area contributed by atoms with Crippen LogP contribution in [0.1, 0.15) is 0 Å². The van der Waals surface area contributed by atoms with Crippen molar-refractivity contribution in [2.75, 3.05) is 10.6 Å². The lowest BCUT2D eigenvalue weighted by Gasteiger charge is -2.06. The number of thiophene rings is 1. The van der Waals surface area contributed by atoms with Gasteiger partial charge in [-0.1, -0.05) is 18.2 Å². The number of carbonyl (C=O) groups is 1. The number of pyridine rings is 1. The number of para-hydroxylation sites is 1. The number of aromatic nitrogens is 1. The third-order valence-electron chi connectivity index (χ3n) is 3.72. The Hall–Kier alpha value is -2.65. The van der Waals surface area contributed by atoms with Crippen LogP contribution in [0.3, 0.4) is 0 Å². The minimum Gasteiger partial charge on any atom is -0.455 e. The van der Waals surface area contributed by atoms with Gasteiger partial charge in [0.2, 0.25) is 0 Å². The van der Waals surface area contributed by atoms with Crippen LogP contribution in [-0.2, 0) is 0 Å². The number of nitrogens with one attached hydrogen (secondary N) is 2. The van der Waals surface area contributed by atoms with Crippen LogP contribution in [-0.4, -0.2) is 11.0 Å². The van der Waals surface area contributed by atoms with Gasteiger partial charge in [-0.05, 0) is 65.1 Å². The summed E-state index contributed by atoms with van der Waals surface area (Å²) in [6.07, 6.45) is 3.45. The number of anilines is 2. The summed E-state index contributed by atoms with van der Waals surface area (Å²) in [6.45, 7) is 0. The monoisotopic (exact) mass is 487 g/mol. The molecule has 2 aromatic heterocycles. The van der Waals surface area contributed by atoms with Crippen LogP contribution >= 0.6 is 33.9 Å². The molecule has 2 heterocycles. The quantitative estimate of drug-likeness (QED) is 0.331. The molecule has 0 spiro atoms. The number of ether oxygens (including phenoxy) is 1. The maximum Gasteiger partial charge on any atom is 0.324 e. The number of urea groups is 1. The van der Waals surface area contributed by atoms with Crippen molar-refractivity contribution in [2.24, 2.45) is 0 Å². The number of nitrogens with zero attached hydrogens (tertiary/aromatic N) is 1. The Morgan fingerprint density at radius 3 is 2.56 bits per heavy atom. The summed E-state index contributed by atoms with van der Waals surface area (Å²) in [5.41, 5.74) is 0.737. The number of fused-ring (bicyclic) bond motifs is 1. The Kier molecular flexibility index (Phi) is 5.21. The fourth-order valence-electron chi connectivity index (χ4n) is 2.50. The third-order valence-corrected chi connectivity index (χ3v) is 5.42. The lowest BCUT2D eigenvalue weighted by atomic mass is 10.3. The van der Waals surface area contributed by atoms with Gasteiger partial charge in [0.15, 0.2) is 5.75 Å². The molecular weight excluding hydrogens is 473 g/mol. The van der Waals surface area contributed by atoms with E-state index in [-0.39, 0.29) is 6.03 Å². The molecule has 134 valence electrons. The highest BCUT2D eigenvalue weighted by molar-refractivity contribution is 14.1. The molecule has 0 aliphatic heterocycles. The molecule has 0 atom stereocenters. The number of rotatable bonds is 4. The summed E-state index contributed by atoms with van der Waals surface area (Å²) in [7, 11) is 0. The van der Waals surface area contributed by atoms with E-state index in [0.717, 1.165) is 30.1 Å². The Morgan fingerprint density at radius 1 is 1.00 bits per heavy atom. The van der Waals surface area contributed by atoms with Gasteiger partial charge in [0.1, 0.15) is 5.75 Å². The molecule has 0 saturated heterocycles. The van der Waals surface area contributed by atoms with Crippen molar-refractivity contribution in [2.45, 2.75) is 0 Å². The highest BCUT2D eigenvalue weighted by Gasteiger charge is 2.11. The Labute approximate surface area is 173 Å². The molecule has 0 radical (unpaired) electrons. The summed E-state index contributed by atoms with van der Waals surface area (Å²) in [4.78, 5) is 16.4. The fraction of sp³-hybridized carbons (Fsp3) is 0. The molecule has 4 aromatic rings. The van der Waals surface area contributed by atoms with Gasteiger partial charge in [-0.15, -0.1) is 11.3 Å². The van der Waals surface area contributed by atoms with Gasteiger partial charge < -0.3 is 10.1 Å². The molecule has 0 aliphatic rings. The van der Waals surface area contributed by atoms with Crippen molar-refractivity contribution in [1.82, 2.24) is 4.98 Å². The standard InChI is InChI=1S/C20H14IN3O2S/c21-13-6-8-15(9-7-13)26-17-11-22-12-18-16(17)10-19(27-18)24-20(25)23-14-4-2-1-3-5-14/h1-12H,(H2,23,24,25). The second-order valence-corrected chi connectivity index (χ2v) is 7.99. The highest BCUT2D eigenvalue weighted by Crippen LogP contribution is 2.36. The smallest absolute Gasteiger partial charge is 0.324 e. The zero-order valence-corrected chi connectivity index (χ0v) is 17.0. The van der Waals surface area contributed by atoms with E-state index >= 15 is 0 Å². The number of hydrogen-bond acceptors (Lipinski definition) is 4. The molecule has 4 rings (SSSR count). The molecule has 0 saturated carbocycles.